The van der Waals surface area contributed by atoms with Crippen LogP contribution in [0.4, 0.5) is 0 Å². The average Bonchev–Trinajstić information content (AvgIpc) is 2.61. The van der Waals surface area contributed by atoms with Crippen molar-refractivity contribution in [3.05, 3.63) is 21.9 Å². The molecule has 0 aliphatic rings. The molecule has 2 N–H and O–H groups in total. The minimum absolute atomic E-state index is 0.0153. The van der Waals surface area contributed by atoms with Gasteiger partial charge in [0, 0.05) is 13.2 Å². The topological polar surface area (TPSA) is 49.3 Å². The number of aryl methyl sites for hydroxylation is 1. The van der Waals surface area contributed by atoms with Gasteiger partial charge in [0.25, 0.3) is 5.91 Å². The Balaban J connectivity index is 2.51. The van der Waals surface area contributed by atoms with Gasteiger partial charge in [0.15, 0.2) is 0 Å². The fourth-order valence-corrected chi connectivity index (χ4v) is 2.24. The monoisotopic (exact) mass is 241 g/mol. The van der Waals surface area contributed by atoms with Crippen molar-refractivity contribution in [2.45, 2.75) is 27.2 Å². The molecule has 1 heterocycles. The Morgan fingerprint density at radius 3 is 2.75 bits per heavy atom. The minimum atomic E-state index is -0.0599. The maximum Gasteiger partial charge on any atom is 0.261 e. The normalized spacial score (nSPS) is 11.5. The Morgan fingerprint density at radius 1 is 1.56 bits per heavy atom. The molecule has 16 heavy (non-hydrogen) atoms. The third kappa shape index (κ3) is 3.61. The van der Waals surface area contributed by atoms with Crippen LogP contribution in [0.15, 0.2) is 11.4 Å². The SMILES string of the molecule is Cc1ccsc1C(=O)NCC(C)(C)CCO. The van der Waals surface area contributed by atoms with Gasteiger partial charge in [-0.25, -0.2) is 0 Å². The molecule has 0 spiro atoms. The van der Waals surface area contributed by atoms with Crippen molar-refractivity contribution in [2.75, 3.05) is 13.2 Å². The molecule has 0 saturated heterocycles. The summed E-state index contributed by atoms with van der Waals surface area (Å²) < 4.78 is 0. The van der Waals surface area contributed by atoms with Gasteiger partial charge in [-0.1, -0.05) is 13.8 Å². The van der Waals surface area contributed by atoms with Crippen LogP contribution in [0.2, 0.25) is 0 Å². The van der Waals surface area contributed by atoms with Crippen molar-refractivity contribution < 1.29 is 9.90 Å². The van der Waals surface area contributed by atoms with Gasteiger partial charge in [0.1, 0.15) is 0 Å². The van der Waals surface area contributed by atoms with Crippen LogP contribution in [0, 0.1) is 12.3 Å². The van der Waals surface area contributed by atoms with Gasteiger partial charge in [0.2, 0.25) is 0 Å². The first kappa shape index (κ1) is 13.2. The van der Waals surface area contributed by atoms with Crippen molar-refractivity contribution >= 4 is 17.2 Å². The molecule has 1 aromatic heterocycles. The first-order chi connectivity index (χ1) is 7.46. The van der Waals surface area contributed by atoms with Gasteiger partial charge < -0.3 is 10.4 Å². The fraction of sp³-hybridized carbons (Fsp3) is 0.583. The molecule has 4 heteroatoms. The molecule has 0 atom stereocenters. The van der Waals surface area contributed by atoms with Crippen LogP contribution >= 0.6 is 11.3 Å². The molecule has 1 amide bonds. The second kappa shape index (κ2) is 5.46. The summed E-state index contributed by atoms with van der Waals surface area (Å²) in [5.41, 5.74) is 0.956. The minimum Gasteiger partial charge on any atom is -0.396 e. The number of nitrogens with one attached hydrogen (secondary N) is 1. The van der Waals surface area contributed by atoms with Crippen LogP contribution < -0.4 is 5.32 Å². The van der Waals surface area contributed by atoms with Crippen LogP contribution in [0.25, 0.3) is 0 Å². The zero-order valence-corrected chi connectivity index (χ0v) is 10.9. The zero-order valence-electron chi connectivity index (χ0n) is 10.0. The van der Waals surface area contributed by atoms with E-state index in [0.717, 1.165) is 10.4 Å². The van der Waals surface area contributed by atoms with Gasteiger partial charge >= 0.3 is 0 Å². The van der Waals surface area contributed by atoms with Crippen molar-refractivity contribution in [3.63, 3.8) is 0 Å². The van der Waals surface area contributed by atoms with E-state index in [2.05, 4.69) is 5.32 Å². The van der Waals surface area contributed by atoms with Gasteiger partial charge in [0.05, 0.1) is 4.88 Å². The van der Waals surface area contributed by atoms with Gasteiger partial charge in [-0.2, -0.15) is 0 Å². The van der Waals surface area contributed by atoms with Crippen LogP contribution in [-0.4, -0.2) is 24.2 Å². The van der Waals surface area contributed by atoms with Gasteiger partial charge in [-0.15, -0.1) is 11.3 Å². The summed E-state index contributed by atoms with van der Waals surface area (Å²) in [6, 6.07) is 1.94. The molecule has 1 aromatic rings. The lowest BCUT2D eigenvalue weighted by molar-refractivity contribution is 0.0931. The fourth-order valence-electron chi connectivity index (χ4n) is 1.40. The lowest BCUT2D eigenvalue weighted by atomic mass is 9.90. The molecular weight excluding hydrogens is 222 g/mol. The maximum absolute atomic E-state index is 11.8. The maximum atomic E-state index is 11.8. The Hall–Kier alpha value is -0.870. The number of carbonyl (C=O) groups is 1. The standard InChI is InChI=1S/C12H19NO2S/c1-9-4-7-16-10(9)11(15)13-8-12(2,3)5-6-14/h4,7,14H,5-6,8H2,1-3H3,(H,13,15). The third-order valence-electron chi connectivity index (χ3n) is 2.58. The Labute approximate surface area is 100 Å². The summed E-state index contributed by atoms with van der Waals surface area (Å²) in [4.78, 5) is 12.6. The highest BCUT2D eigenvalue weighted by Crippen LogP contribution is 2.19. The van der Waals surface area contributed by atoms with Crippen LogP contribution in [0.1, 0.15) is 35.5 Å². The Morgan fingerprint density at radius 2 is 2.25 bits per heavy atom. The first-order valence-electron chi connectivity index (χ1n) is 5.39. The first-order valence-corrected chi connectivity index (χ1v) is 6.27. The van der Waals surface area contributed by atoms with Crippen LogP contribution in [-0.2, 0) is 0 Å². The number of rotatable bonds is 5. The van der Waals surface area contributed by atoms with Crippen molar-refractivity contribution in [1.82, 2.24) is 5.32 Å². The highest BCUT2D eigenvalue weighted by Gasteiger charge is 2.19. The smallest absolute Gasteiger partial charge is 0.261 e. The quantitative estimate of drug-likeness (QED) is 0.830. The highest BCUT2D eigenvalue weighted by atomic mass is 32.1. The number of amides is 1. The predicted octanol–water partition coefficient (Wildman–Crippen LogP) is 2.19. The van der Waals surface area contributed by atoms with E-state index in [1.54, 1.807) is 0 Å². The summed E-state index contributed by atoms with van der Waals surface area (Å²) >= 11 is 1.46. The summed E-state index contributed by atoms with van der Waals surface area (Å²) in [5.74, 6) is -0.0153. The molecule has 0 saturated carbocycles. The Kier molecular flexibility index (Phi) is 4.50. The van der Waals surface area contributed by atoms with E-state index in [-0.39, 0.29) is 17.9 Å². The highest BCUT2D eigenvalue weighted by molar-refractivity contribution is 7.12. The molecule has 0 unspecified atom stereocenters. The molecule has 0 aliphatic carbocycles. The summed E-state index contributed by atoms with van der Waals surface area (Å²) in [5, 5.41) is 13.7. The van der Waals surface area contributed by atoms with E-state index < -0.39 is 0 Å². The molecular formula is C12H19NO2S. The molecule has 0 aliphatic heterocycles. The second-order valence-corrected chi connectivity index (χ2v) is 5.67. The van der Waals surface area contributed by atoms with Crippen LogP contribution in [0.5, 0.6) is 0 Å². The molecule has 90 valence electrons. The van der Waals surface area contributed by atoms with Crippen molar-refractivity contribution in [1.29, 1.82) is 0 Å². The van der Waals surface area contributed by atoms with E-state index in [1.807, 2.05) is 32.2 Å². The molecule has 0 aromatic carbocycles. The molecule has 0 fully saturated rings. The lowest BCUT2D eigenvalue weighted by Crippen LogP contribution is -2.34. The number of aliphatic hydroxyl groups excluding tert-OH is 1. The Bertz CT molecular complexity index is 358. The van der Waals surface area contributed by atoms with E-state index in [1.165, 1.54) is 11.3 Å². The average molecular weight is 241 g/mol. The summed E-state index contributed by atoms with van der Waals surface area (Å²) in [6.45, 7) is 6.74. The van der Waals surface area contributed by atoms with E-state index in [9.17, 15) is 4.79 Å². The number of thiophene rings is 1. The molecule has 0 radical (unpaired) electrons. The van der Waals surface area contributed by atoms with Crippen LogP contribution in [0.3, 0.4) is 0 Å². The molecule has 3 nitrogen and oxygen atoms in total. The van der Waals surface area contributed by atoms with Crippen molar-refractivity contribution in [3.8, 4) is 0 Å². The number of hydrogen-bond donors (Lipinski definition) is 2. The summed E-state index contributed by atoms with van der Waals surface area (Å²) in [6.07, 6.45) is 0.691. The lowest BCUT2D eigenvalue weighted by Gasteiger charge is -2.23. The second-order valence-electron chi connectivity index (χ2n) is 4.75. The number of carbonyl (C=O) groups excluding carboxylic acids is 1. The largest absolute Gasteiger partial charge is 0.396 e. The zero-order chi connectivity index (χ0) is 12.2. The van der Waals surface area contributed by atoms with Gasteiger partial charge in [-0.3, -0.25) is 4.79 Å². The van der Waals surface area contributed by atoms with Gasteiger partial charge in [-0.05, 0) is 35.8 Å². The van der Waals surface area contributed by atoms with E-state index >= 15 is 0 Å². The summed E-state index contributed by atoms with van der Waals surface area (Å²) in [7, 11) is 0. The molecule has 0 bridgehead atoms. The van der Waals surface area contributed by atoms with Crippen molar-refractivity contribution in [2.24, 2.45) is 5.41 Å². The van der Waals surface area contributed by atoms with E-state index in [0.29, 0.717) is 13.0 Å². The third-order valence-corrected chi connectivity index (χ3v) is 3.60. The molecule has 1 rings (SSSR count). The number of hydrogen-bond acceptors (Lipinski definition) is 3. The number of aliphatic hydroxyl groups is 1. The van der Waals surface area contributed by atoms with E-state index in [4.69, 9.17) is 5.11 Å². The predicted molar refractivity (Wildman–Crippen MR) is 66.9 cm³/mol.